The topological polar surface area (TPSA) is 12.0 Å². The minimum Gasteiger partial charge on any atom is -0.309 e. The summed E-state index contributed by atoms with van der Waals surface area (Å²) in [7, 11) is 1.94. The third-order valence-electron chi connectivity index (χ3n) is 3.59. The molecule has 3 rings (SSSR count). The maximum absolute atomic E-state index is 13.9. The Morgan fingerprint density at radius 3 is 2.50 bits per heavy atom. The lowest BCUT2D eigenvalue weighted by molar-refractivity contribution is 0.637. The van der Waals surface area contributed by atoms with Crippen LogP contribution in [0.3, 0.4) is 0 Å². The van der Waals surface area contributed by atoms with Crippen LogP contribution in [-0.2, 0) is 0 Å². The third-order valence-corrected chi connectivity index (χ3v) is 4.47. The molecule has 0 saturated carbocycles. The van der Waals surface area contributed by atoms with Crippen LogP contribution in [0.15, 0.2) is 47.8 Å². The van der Waals surface area contributed by atoms with Gasteiger partial charge in [-0.1, -0.05) is 30.3 Å². The molecule has 0 spiro atoms. The number of thiophene rings is 1. The van der Waals surface area contributed by atoms with Gasteiger partial charge < -0.3 is 5.32 Å². The second-order valence-electron chi connectivity index (χ2n) is 4.89. The van der Waals surface area contributed by atoms with Gasteiger partial charge in [-0.25, -0.2) is 4.39 Å². The van der Waals surface area contributed by atoms with Gasteiger partial charge in [0.05, 0.1) is 6.04 Å². The zero-order chi connectivity index (χ0) is 14.1. The summed E-state index contributed by atoms with van der Waals surface area (Å²) in [6, 6.07) is 13.4. The highest BCUT2D eigenvalue weighted by Crippen LogP contribution is 2.32. The molecule has 0 bridgehead atoms. The van der Waals surface area contributed by atoms with Crippen LogP contribution >= 0.6 is 11.3 Å². The summed E-state index contributed by atoms with van der Waals surface area (Å²) in [5.74, 6) is -0.166. The molecule has 0 radical (unpaired) electrons. The molecule has 102 valence electrons. The van der Waals surface area contributed by atoms with E-state index in [9.17, 15) is 4.39 Å². The first-order chi connectivity index (χ1) is 9.70. The summed E-state index contributed by atoms with van der Waals surface area (Å²) in [6.07, 6.45) is 0. The maximum Gasteiger partial charge on any atom is 0.131 e. The van der Waals surface area contributed by atoms with Crippen LogP contribution in [0.2, 0.25) is 0 Å². The van der Waals surface area contributed by atoms with Gasteiger partial charge in [0.2, 0.25) is 0 Å². The molecule has 0 saturated heterocycles. The number of halogens is 1. The van der Waals surface area contributed by atoms with Crippen molar-refractivity contribution in [2.24, 2.45) is 0 Å². The molecule has 2 aromatic carbocycles. The molecule has 1 N–H and O–H groups in total. The van der Waals surface area contributed by atoms with E-state index in [2.05, 4.69) is 23.7 Å². The van der Waals surface area contributed by atoms with E-state index in [0.717, 1.165) is 10.9 Å². The molecule has 0 aliphatic heterocycles. The fraction of sp³-hybridized carbons (Fsp3) is 0.176. The summed E-state index contributed by atoms with van der Waals surface area (Å²) in [6.45, 7) is 2.10. The molecular formula is C17H16FNS. The summed E-state index contributed by atoms with van der Waals surface area (Å²) in [5, 5.41) is 7.15. The standard InChI is InChI=1S/C17H16FNS/c1-11-9-12(10-20-11)17(19-2)15-7-8-16(18)14-6-4-3-5-13(14)15/h3-10,17,19H,1-2H3. The van der Waals surface area contributed by atoms with Crippen molar-refractivity contribution in [3.63, 3.8) is 0 Å². The van der Waals surface area contributed by atoms with Crippen LogP contribution in [0.25, 0.3) is 10.8 Å². The van der Waals surface area contributed by atoms with Gasteiger partial charge in [-0.2, -0.15) is 0 Å². The lowest BCUT2D eigenvalue weighted by atomic mass is 9.95. The predicted octanol–water partition coefficient (Wildman–Crippen LogP) is 4.66. The zero-order valence-electron chi connectivity index (χ0n) is 11.5. The molecule has 3 aromatic rings. The third kappa shape index (κ3) is 2.23. The monoisotopic (exact) mass is 285 g/mol. The van der Waals surface area contributed by atoms with E-state index in [4.69, 9.17) is 0 Å². The van der Waals surface area contributed by atoms with Crippen molar-refractivity contribution in [1.29, 1.82) is 0 Å². The molecule has 0 amide bonds. The molecule has 1 aromatic heterocycles. The minimum atomic E-state index is -0.166. The fourth-order valence-corrected chi connectivity index (χ4v) is 3.38. The van der Waals surface area contributed by atoms with Gasteiger partial charge in [-0.3, -0.25) is 0 Å². The molecule has 20 heavy (non-hydrogen) atoms. The molecule has 1 nitrogen and oxygen atoms in total. The van der Waals surface area contributed by atoms with Gasteiger partial charge in [0, 0.05) is 10.3 Å². The first kappa shape index (κ1) is 13.3. The number of aryl methyl sites for hydroxylation is 1. The van der Waals surface area contributed by atoms with Crippen LogP contribution < -0.4 is 5.32 Å². The SMILES string of the molecule is CNC(c1csc(C)c1)c1ccc(F)c2ccccc12. The molecule has 1 atom stereocenters. The Balaban J connectivity index is 2.20. The number of fused-ring (bicyclic) bond motifs is 1. The number of hydrogen-bond acceptors (Lipinski definition) is 2. The summed E-state index contributed by atoms with van der Waals surface area (Å²) < 4.78 is 13.9. The normalized spacial score (nSPS) is 12.8. The first-order valence-corrected chi connectivity index (χ1v) is 7.48. The lowest BCUT2D eigenvalue weighted by Crippen LogP contribution is -2.17. The van der Waals surface area contributed by atoms with Crippen molar-refractivity contribution in [1.82, 2.24) is 5.32 Å². The minimum absolute atomic E-state index is 0.0884. The van der Waals surface area contributed by atoms with Crippen LogP contribution in [0.1, 0.15) is 22.0 Å². The fourth-order valence-electron chi connectivity index (χ4n) is 2.65. The Labute approximate surface area is 122 Å². The zero-order valence-corrected chi connectivity index (χ0v) is 12.3. The van der Waals surface area contributed by atoms with Crippen molar-refractivity contribution >= 4 is 22.1 Å². The van der Waals surface area contributed by atoms with Gasteiger partial charge in [0.15, 0.2) is 0 Å². The van der Waals surface area contributed by atoms with Crippen molar-refractivity contribution in [2.45, 2.75) is 13.0 Å². The number of benzene rings is 2. The smallest absolute Gasteiger partial charge is 0.131 e. The highest BCUT2D eigenvalue weighted by molar-refractivity contribution is 7.10. The molecule has 1 heterocycles. The first-order valence-electron chi connectivity index (χ1n) is 6.60. The van der Waals surface area contributed by atoms with Crippen molar-refractivity contribution in [2.75, 3.05) is 7.05 Å². The Kier molecular flexibility index (Phi) is 3.55. The Bertz CT molecular complexity index is 748. The van der Waals surface area contributed by atoms with E-state index in [1.54, 1.807) is 17.4 Å². The quantitative estimate of drug-likeness (QED) is 0.738. The molecule has 1 unspecified atom stereocenters. The Morgan fingerprint density at radius 2 is 1.85 bits per heavy atom. The highest BCUT2D eigenvalue weighted by Gasteiger charge is 2.17. The van der Waals surface area contributed by atoms with Gasteiger partial charge >= 0.3 is 0 Å². The van der Waals surface area contributed by atoms with Gasteiger partial charge in [-0.15, -0.1) is 11.3 Å². The molecule has 0 aliphatic rings. The van der Waals surface area contributed by atoms with Crippen LogP contribution in [0, 0.1) is 12.7 Å². The largest absolute Gasteiger partial charge is 0.309 e. The highest BCUT2D eigenvalue weighted by atomic mass is 32.1. The van der Waals surface area contributed by atoms with E-state index >= 15 is 0 Å². The maximum atomic E-state index is 13.9. The van der Waals surface area contributed by atoms with Crippen LogP contribution in [0.5, 0.6) is 0 Å². The predicted molar refractivity (Wildman–Crippen MR) is 83.9 cm³/mol. The molecule has 3 heteroatoms. The average molecular weight is 285 g/mol. The molecule has 0 fully saturated rings. The Morgan fingerprint density at radius 1 is 1.10 bits per heavy atom. The van der Waals surface area contributed by atoms with E-state index in [1.807, 2.05) is 37.4 Å². The van der Waals surface area contributed by atoms with Crippen molar-refractivity contribution < 1.29 is 4.39 Å². The number of rotatable bonds is 3. The van der Waals surface area contributed by atoms with Gasteiger partial charge in [0.25, 0.3) is 0 Å². The Hall–Kier alpha value is -1.71. The van der Waals surface area contributed by atoms with Gasteiger partial charge in [0.1, 0.15) is 5.82 Å². The summed E-state index contributed by atoms with van der Waals surface area (Å²) >= 11 is 1.74. The lowest BCUT2D eigenvalue weighted by Gasteiger charge is -2.18. The van der Waals surface area contributed by atoms with E-state index in [1.165, 1.54) is 10.4 Å². The number of hydrogen-bond donors (Lipinski definition) is 1. The van der Waals surface area contributed by atoms with Crippen LogP contribution in [-0.4, -0.2) is 7.05 Å². The van der Waals surface area contributed by atoms with Crippen molar-refractivity contribution in [3.05, 3.63) is 69.7 Å². The molecular weight excluding hydrogens is 269 g/mol. The van der Waals surface area contributed by atoms with E-state index in [-0.39, 0.29) is 11.9 Å². The average Bonchev–Trinajstić information content (AvgIpc) is 2.89. The van der Waals surface area contributed by atoms with Gasteiger partial charge in [-0.05, 0) is 48.0 Å². The summed E-state index contributed by atoms with van der Waals surface area (Å²) in [5.41, 5.74) is 2.34. The van der Waals surface area contributed by atoms with Crippen LogP contribution in [0.4, 0.5) is 4.39 Å². The van der Waals surface area contributed by atoms with E-state index in [0.29, 0.717) is 5.39 Å². The molecule has 0 aliphatic carbocycles. The van der Waals surface area contributed by atoms with E-state index < -0.39 is 0 Å². The summed E-state index contributed by atoms with van der Waals surface area (Å²) in [4.78, 5) is 1.28. The second-order valence-corrected chi connectivity index (χ2v) is 6.01. The second kappa shape index (κ2) is 5.35. The number of nitrogens with one attached hydrogen (secondary N) is 1. The van der Waals surface area contributed by atoms with Crippen molar-refractivity contribution in [3.8, 4) is 0 Å².